The summed E-state index contributed by atoms with van der Waals surface area (Å²) in [5.74, 6) is -1.69. The molecule has 22 heavy (non-hydrogen) atoms. The standard InChI is InChI=1S/C14H10F3IO4/c1-2-21-13(20)10-7(9-4-3-5-22-9)6-8(19)12(18)11(10)14(15,16)17/h3-6,19H,2H2,1H3. The number of hydrogen-bond donors (Lipinski definition) is 1. The molecular formula is C14H10F3IO4. The van der Waals surface area contributed by atoms with Crippen molar-refractivity contribution >= 4 is 28.6 Å². The summed E-state index contributed by atoms with van der Waals surface area (Å²) in [6.45, 7) is 1.41. The van der Waals surface area contributed by atoms with Gasteiger partial charge in [-0.15, -0.1) is 0 Å². The van der Waals surface area contributed by atoms with E-state index in [9.17, 15) is 23.1 Å². The molecule has 0 aliphatic carbocycles. The summed E-state index contributed by atoms with van der Waals surface area (Å²) in [6.07, 6.45) is -3.58. The van der Waals surface area contributed by atoms with Crippen molar-refractivity contribution in [3.05, 3.63) is 39.2 Å². The molecule has 0 atom stereocenters. The summed E-state index contributed by atoms with van der Waals surface area (Å²) in [7, 11) is 0. The Balaban J connectivity index is 2.84. The molecule has 0 aliphatic heterocycles. The Hall–Kier alpha value is -1.71. The number of esters is 1. The Labute approximate surface area is 137 Å². The number of carbonyl (C=O) groups is 1. The second-order valence-corrected chi connectivity index (χ2v) is 5.28. The number of aromatic hydroxyl groups is 1. The summed E-state index contributed by atoms with van der Waals surface area (Å²) in [6, 6.07) is 3.92. The van der Waals surface area contributed by atoms with Gasteiger partial charge >= 0.3 is 12.1 Å². The zero-order valence-corrected chi connectivity index (χ0v) is 13.4. The van der Waals surface area contributed by atoms with Crippen LogP contribution in [0, 0.1) is 3.57 Å². The minimum Gasteiger partial charge on any atom is -0.507 e. The number of rotatable bonds is 3. The zero-order valence-electron chi connectivity index (χ0n) is 11.2. The van der Waals surface area contributed by atoms with Crippen molar-refractivity contribution in [1.29, 1.82) is 0 Å². The average molecular weight is 426 g/mol. The highest BCUT2D eigenvalue weighted by Crippen LogP contribution is 2.43. The lowest BCUT2D eigenvalue weighted by molar-refractivity contribution is -0.138. The van der Waals surface area contributed by atoms with Gasteiger partial charge in [-0.3, -0.25) is 0 Å². The van der Waals surface area contributed by atoms with E-state index in [-0.39, 0.29) is 17.9 Å². The second-order valence-electron chi connectivity index (χ2n) is 4.20. The highest BCUT2D eigenvalue weighted by atomic mass is 127. The number of benzene rings is 1. The minimum absolute atomic E-state index is 0.0280. The molecule has 0 fully saturated rings. The van der Waals surface area contributed by atoms with Crippen molar-refractivity contribution in [1.82, 2.24) is 0 Å². The van der Waals surface area contributed by atoms with Crippen LogP contribution in [-0.2, 0) is 10.9 Å². The molecule has 1 heterocycles. The maximum Gasteiger partial charge on any atom is 0.418 e. The molecule has 2 rings (SSSR count). The number of phenols is 1. The molecule has 1 N–H and O–H groups in total. The first-order chi connectivity index (χ1) is 10.3. The third kappa shape index (κ3) is 3.06. The van der Waals surface area contributed by atoms with Crippen LogP contribution in [0.5, 0.6) is 5.75 Å². The molecule has 118 valence electrons. The van der Waals surface area contributed by atoms with Crippen LogP contribution in [0.4, 0.5) is 13.2 Å². The normalized spacial score (nSPS) is 11.5. The Kier molecular flexibility index (Phi) is 4.69. The Morgan fingerprint density at radius 2 is 2.14 bits per heavy atom. The first kappa shape index (κ1) is 16.7. The van der Waals surface area contributed by atoms with Crippen molar-refractivity contribution in [3.63, 3.8) is 0 Å². The monoisotopic (exact) mass is 426 g/mol. The first-order valence-electron chi connectivity index (χ1n) is 6.11. The van der Waals surface area contributed by atoms with Crippen LogP contribution in [-0.4, -0.2) is 17.7 Å². The van der Waals surface area contributed by atoms with Crippen molar-refractivity contribution < 1.29 is 32.2 Å². The van der Waals surface area contributed by atoms with Crippen LogP contribution >= 0.6 is 22.6 Å². The van der Waals surface area contributed by atoms with E-state index in [4.69, 9.17) is 9.15 Å². The number of halogens is 4. The molecule has 1 aromatic heterocycles. The summed E-state index contributed by atoms with van der Waals surface area (Å²) in [5.41, 5.74) is -2.09. The Morgan fingerprint density at radius 3 is 2.64 bits per heavy atom. The summed E-state index contributed by atoms with van der Waals surface area (Å²) >= 11 is 1.34. The van der Waals surface area contributed by atoms with E-state index in [2.05, 4.69) is 0 Å². The number of carbonyl (C=O) groups excluding carboxylic acids is 1. The Morgan fingerprint density at radius 1 is 1.45 bits per heavy atom. The lowest BCUT2D eigenvalue weighted by Gasteiger charge is -2.17. The van der Waals surface area contributed by atoms with Gasteiger partial charge in [0.15, 0.2) is 0 Å². The maximum atomic E-state index is 13.4. The van der Waals surface area contributed by atoms with Gasteiger partial charge in [-0.2, -0.15) is 13.2 Å². The summed E-state index contributed by atoms with van der Waals surface area (Å²) in [5, 5.41) is 9.78. The molecule has 0 bridgehead atoms. The predicted octanol–water partition coefficient (Wildman–Crippen LogP) is 4.45. The fraction of sp³-hybridized carbons (Fsp3) is 0.214. The molecule has 8 heteroatoms. The van der Waals surface area contributed by atoms with Gasteiger partial charge in [0.1, 0.15) is 11.5 Å². The smallest absolute Gasteiger partial charge is 0.418 e. The van der Waals surface area contributed by atoms with E-state index in [1.807, 2.05) is 0 Å². The van der Waals surface area contributed by atoms with Crippen molar-refractivity contribution in [2.45, 2.75) is 13.1 Å². The molecule has 4 nitrogen and oxygen atoms in total. The highest BCUT2D eigenvalue weighted by molar-refractivity contribution is 14.1. The van der Waals surface area contributed by atoms with E-state index in [0.29, 0.717) is 0 Å². The van der Waals surface area contributed by atoms with Gasteiger partial charge < -0.3 is 14.3 Å². The van der Waals surface area contributed by atoms with Gasteiger partial charge in [0.25, 0.3) is 0 Å². The van der Waals surface area contributed by atoms with Crippen LogP contribution in [0.3, 0.4) is 0 Å². The molecule has 0 unspecified atom stereocenters. The molecule has 0 amide bonds. The molecule has 0 saturated carbocycles. The number of furan rings is 1. The molecular weight excluding hydrogens is 416 g/mol. The summed E-state index contributed by atoms with van der Waals surface area (Å²) in [4.78, 5) is 12.0. The largest absolute Gasteiger partial charge is 0.507 e. The molecule has 1 aromatic carbocycles. The van der Waals surface area contributed by atoms with E-state index in [1.54, 1.807) is 0 Å². The number of alkyl halides is 3. The van der Waals surface area contributed by atoms with Gasteiger partial charge in [0.2, 0.25) is 0 Å². The number of hydrogen-bond acceptors (Lipinski definition) is 4. The first-order valence-corrected chi connectivity index (χ1v) is 7.18. The number of ether oxygens (including phenoxy) is 1. The van der Waals surface area contributed by atoms with Gasteiger partial charge in [-0.05, 0) is 47.7 Å². The average Bonchev–Trinajstić information content (AvgIpc) is 2.93. The van der Waals surface area contributed by atoms with Crippen molar-refractivity contribution in [2.24, 2.45) is 0 Å². The lowest BCUT2D eigenvalue weighted by atomic mass is 9.98. The topological polar surface area (TPSA) is 59.7 Å². The third-order valence-corrected chi connectivity index (χ3v) is 3.89. The summed E-state index contributed by atoms with van der Waals surface area (Å²) < 4.78 is 49.4. The SMILES string of the molecule is CCOC(=O)c1c(-c2ccco2)cc(O)c(I)c1C(F)(F)F. The van der Waals surface area contributed by atoms with Gasteiger partial charge in [-0.1, -0.05) is 0 Å². The second kappa shape index (κ2) is 6.19. The van der Waals surface area contributed by atoms with Gasteiger partial charge in [-0.25, -0.2) is 4.79 Å². The minimum atomic E-state index is -4.83. The van der Waals surface area contributed by atoms with Crippen LogP contribution in [0.25, 0.3) is 11.3 Å². The van der Waals surface area contributed by atoms with Crippen LogP contribution in [0.1, 0.15) is 22.8 Å². The molecule has 0 aliphatic rings. The molecule has 2 aromatic rings. The fourth-order valence-electron chi connectivity index (χ4n) is 1.95. The molecule has 0 spiro atoms. The van der Waals surface area contributed by atoms with Gasteiger partial charge in [0.05, 0.1) is 27.6 Å². The predicted molar refractivity (Wildman–Crippen MR) is 79.5 cm³/mol. The van der Waals surface area contributed by atoms with Gasteiger partial charge in [0, 0.05) is 5.56 Å². The fourth-order valence-corrected chi connectivity index (χ4v) is 2.68. The van der Waals surface area contributed by atoms with Crippen LogP contribution in [0.2, 0.25) is 0 Å². The zero-order chi connectivity index (χ0) is 16.5. The quantitative estimate of drug-likeness (QED) is 0.582. The van der Waals surface area contributed by atoms with Crippen molar-refractivity contribution in [3.8, 4) is 17.1 Å². The highest BCUT2D eigenvalue weighted by Gasteiger charge is 2.41. The van der Waals surface area contributed by atoms with E-state index in [1.165, 1.54) is 47.9 Å². The van der Waals surface area contributed by atoms with Crippen molar-refractivity contribution in [2.75, 3.05) is 6.61 Å². The molecule has 0 radical (unpaired) electrons. The van der Waals surface area contributed by atoms with E-state index >= 15 is 0 Å². The number of phenolic OH excluding ortho intramolecular Hbond substituents is 1. The van der Waals surface area contributed by atoms with E-state index < -0.39 is 32.6 Å². The van der Waals surface area contributed by atoms with Crippen LogP contribution < -0.4 is 0 Å². The van der Waals surface area contributed by atoms with E-state index in [0.717, 1.165) is 6.07 Å². The third-order valence-electron chi connectivity index (χ3n) is 2.79. The maximum absolute atomic E-state index is 13.4. The molecule has 0 saturated heterocycles. The lowest BCUT2D eigenvalue weighted by Crippen LogP contribution is -2.18. The Bertz CT molecular complexity index is 693. The van der Waals surface area contributed by atoms with Crippen LogP contribution in [0.15, 0.2) is 28.9 Å².